The van der Waals surface area contributed by atoms with Crippen molar-refractivity contribution in [1.29, 1.82) is 0 Å². The zero-order valence-corrected chi connectivity index (χ0v) is 12.5. The number of hydrogen-bond donors (Lipinski definition) is 0. The highest BCUT2D eigenvalue weighted by atomic mass is 32.2. The Morgan fingerprint density at radius 2 is 2.00 bits per heavy atom. The molecular formula is C16H25NS. The second kappa shape index (κ2) is 7.20. The SMILES string of the molecule is CCSC1CCCCN(Cc2ccc(C)cc2)C1. The molecule has 1 nitrogen and oxygen atoms in total. The molecule has 1 saturated heterocycles. The number of hydrogen-bond acceptors (Lipinski definition) is 2. The second-order valence-corrected chi connectivity index (χ2v) is 6.87. The zero-order valence-electron chi connectivity index (χ0n) is 11.7. The zero-order chi connectivity index (χ0) is 12.8. The van der Waals surface area contributed by atoms with Gasteiger partial charge < -0.3 is 0 Å². The smallest absolute Gasteiger partial charge is 0.0234 e. The van der Waals surface area contributed by atoms with Crippen LogP contribution in [-0.4, -0.2) is 29.0 Å². The first-order chi connectivity index (χ1) is 8.78. The maximum absolute atomic E-state index is 2.64. The van der Waals surface area contributed by atoms with Gasteiger partial charge in [0.2, 0.25) is 0 Å². The lowest BCUT2D eigenvalue weighted by Gasteiger charge is -2.23. The van der Waals surface area contributed by atoms with Crippen LogP contribution >= 0.6 is 11.8 Å². The monoisotopic (exact) mass is 263 g/mol. The Morgan fingerprint density at radius 1 is 1.22 bits per heavy atom. The Morgan fingerprint density at radius 3 is 2.72 bits per heavy atom. The van der Waals surface area contributed by atoms with Gasteiger partial charge in [0.1, 0.15) is 0 Å². The summed E-state index contributed by atoms with van der Waals surface area (Å²) in [6, 6.07) is 9.02. The van der Waals surface area contributed by atoms with Crippen LogP contribution in [0.1, 0.15) is 37.3 Å². The molecule has 0 amide bonds. The van der Waals surface area contributed by atoms with Gasteiger partial charge in [0.05, 0.1) is 0 Å². The molecule has 1 aromatic carbocycles. The Kier molecular flexibility index (Phi) is 5.58. The van der Waals surface area contributed by atoms with Crippen molar-refractivity contribution in [2.75, 3.05) is 18.8 Å². The fourth-order valence-corrected chi connectivity index (χ4v) is 3.77. The molecule has 100 valence electrons. The van der Waals surface area contributed by atoms with Gasteiger partial charge in [-0.15, -0.1) is 0 Å². The third-order valence-corrected chi connectivity index (χ3v) is 4.83. The Bertz CT molecular complexity index is 347. The minimum atomic E-state index is 0.850. The van der Waals surface area contributed by atoms with Crippen molar-refractivity contribution in [2.45, 2.75) is 44.9 Å². The van der Waals surface area contributed by atoms with E-state index in [-0.39, 0.29) is 0 Å². The molecular weight excluding hydrogens is 238 g/mol. The predicted molar refractivity (Wildman–Crippen MR) is 82.2 cm³/mol. The highest BCUT2D eigenvalue weighted by Gasteiger charge is 2.17. The van der Waals surface area contributed by atoms with Crippen LogP contribution in [0, 0.1) is 6.92 Å². The summed E-state index contributed by atoms with van der Waals surface area (Å²) in [6.45, 7) is 8.10. The molecule has 0 bridgehead atoms. The molecule has 18 heavy (non-hydrogen) atoms. The summed E-state index contributed by atoms with van der Waals surface area (Å²) in [6.07, 6.45) is 4.18. The highest BCUT2D eigenvalue weighted by molar-refractivity contribution is 7.99. The van der Waals surface area contributed by atoms with Gasteiger partial charge in [0.25, 0.3) is 0 Å². The normalized spacial score (nSPS) is 21.8. The van der Waals surface area contributed by atoms with Crippen molar-refractivity contribution in [1.82, 2.24) is 4.90 Å². The van der Waals surface area contributed by atoms with Crippen LogP contribution in [0.4, 0.5) is 0 Å². The topological polar surface area (TPSA) is 3.24 Å². The second-order valence-electron chi connectivity index (χ2n) is 5.29. The molecule has 2 heteroatoms. The van der Waals surface area contributed by atoms with Crippen molar-refractivity contribution in [3.05, 3.63) is 35.4 Å². The third kappa shape index (κ3) is 4.33. The van der Waals surface area contributed by atoms with E-state index in [1.807, 2.05) is 0 Å². The molecule has 0 radical (unpaired) electrons. The number of rotatable bonds is 4. The summed E-state index contributed by atoms with van der Waals surface area (Å²) >= 11 is 2.14. The van der Waals surface area contributed by atoms with Gasteiger partial charge in [-0.25, -0.2) is 0 Å². The fourth-order valence-electron chi connectivity index (χ4n) is 2.65. The molecule has 1 fully saturated rings. The number of benzene rings is 1. The predicted octanol–water partition coefficient (Wildman–Crippen LogP) is 4.10. The first-order valence-electron chi connectivity index (χ1n) is 7.17. The van der Waals surface area contributed by atoms with Crippen molar-refractivity contribution >= 4 is 11.8 Å². The molecule has 1 atom stereocenters. The number of aryl methyl sites for hydroxylation is 1. The van der Waals surface area contributed by atoms with E-state index in [2.05, 4.69) is 54.8 Å². The van der Waals surface area contributed by atoms with Gasteiger partial charge in [0, 0.05) is 18.3 Å². The molecule has 1 unspecified atom stereocenters. The molecule has 0 N–H and O–H groups in total. The standard InChI is InChI=1S/C16H25NS/c1-3-18-16-6-4-5-11-17(13-16)12-15-9-7-14(2)8-10-15/h7-10,16H,3-6,11-13H2,1-2H3. The van der Waals surface area contributed by atoms with E-state index in [0.717, 1.165) is 11.8 Å². The third-order valence-electron chi connectivity index (χ3n) is 3.64. The molecule has 1 heterocycles. The highest BCUT2D eigenvalue weighted by Crippen LogP contribution is 2.23. The average Bonchev–Trinajstić information content (AvgIpc) is 2.58. The van der Waals surface area contributed by atoms with Gasteiger partial charge in [0.15, 0.2) is 0 Å². The summed E-state index contributed by atoms with van der Waals surface area (Å²) in [5.41, 5.74) is 2.82. The van der Waals surface area contributed by atoms with E-state index in [0.29, 0.717) is 0 Å². The van der Waals surface area contributed by atoms with Gasteiger partial charge in [-0.05, 0) is 37.6 Å². The van der Waals surface area contributed by atoms with E-state index in [1.54, 1.807) is 0 Å². The van der Waals surface area contributed by atoms with Gasteiger partial charge in [-0.3, -0.25) is 4.90 Å². The Hall–Kier alpha value is -0.470. The van der Waals surface area contributed by atoms with Crippen LogP contribution in [-0.2, 0) is 6.54 Å². The quantitative estimate of drug-likeness (QED) is 0.804. The summed E-state index contributed by atoms with van der Waals surface area (Å²) in [4.78, 5) is 2.64. The molecule has 0 saturated carbocycles. The van der Waals surface area contributed by atoms with Gasteiger partial charge in [-0.2, -0.15) is 11.8 Å². The molecule has 1 aromatic rings. The molecule has 1 aliphatic rings. The Labute approximate surface area is 116 Å². The minimum Gasteiger partial charge on any atom is -0.298 e. The van der Waals surface area contributed by atoms with Crippen molar-refractivity contribution in [3.8, 4) is 0 Å². The summed E-state index contributed by atoms with van der Waals surface area (Å²) < 4.78 is 0. The Balaban J connectivity index is 1.92. The molecule has 0 aliphatic carbocycles. The van der Waals surface area contributed by atoms with Crippen LogP contribution in [0.3, 0.4) is 0 Å². The maximum Gasteiger partial charge on any atom is 0.0234 e. The van der Waals surface area contributed by atoms with E-state index in [4.69, 9.17) is 0 Å². The van der Waals surface area contributed by atoms with Crippen LogP contribution in [0.25, 0.3) is 0 Å². The van der Waals surface area contributed by atoms with Crippen molar-refractivity contribution in [2.24, 2.45) is 0 Å². The first-order valence-corrected chi connectivity index (χ1v) is 8.22. The summed E-state index contributed by atoms with van der Waals surface area (Å²) in [7, 11) is 0. The minimum absolute atomic E-state index is 0.850. The molecule has 1 aliphatic heterocycles. The molecule has 2 rings (SSSR count). The van der Waals surface area contributed by atoms with E-state index < -0.39 is 0 Å². The van der Waals surface area contributed by atoms with E-state index >= 15 is 0 Å². The molecule has 0 aromatic heterocycles. The van der Waals surface area contributed by atoms with Gasteiger partial charge >= 0.3 is 0 Å². The van der Waals surface area contributed by atoms with E-state index in [9.17, 15) is 0 Å². The lowest BCUT2D eigenvalue weighted by molar-refractivity contribution is 0.279. The number of thioether (sulfide) groups is 1. The lowest BCUT2D eigenvalue weighted by Crippen LogP contribution is -2.29. The maximum atomic E-state index is 2.64. The lowest BCUT2D eigenvalue weighted by atomic mass is 10.1. The molecule has 0 spiro atoms. The van der Waals surface area contributed by atoms with Gasteiger partial charge in [-0.1, -0.05) is 43.2 Å². The first kappa shape index (κ1) is 14.0. The van der Waals surface area contributed by atoms with Crippen LogP contribution < -0.4 is 0 Å². The van der Waals surface area contributed by atoms with Crippen molar-refractivity contribution in [3.63, 3.8) is 0 Å². The average molecular weight is 263 g/mol. The van der Waals surface area contributed by atoms with Crippen LogP contribution in [0.15, 0.2) is 24.3 Å². The summed E-state index contributed by atoms with van der Waals surface area (Å²) in [5.74, 6) is 1.25. The fraction of sp³-hybridized carbons (Fsp3) is 0.625. The number of likely N-dealkylation sites (tertiary alicyclic amines) is 1. The van der Waals surface area contributed by atoms with Crippen LogP contribution in [0.5, 0.6) is 0 Å². The summed E-state index contributed by atoms with van der Waals surface area (Å²) in [5, 5.41) is 0.850. The largest absolute Gasteiger partial charge is 0.298 e. The number of nitrogens with zero attached hydrogens (tertiary/aromatic N) is 1. The van der Waals surface area contributed by atoms with Crippen molar-refractivity contribution < 1.29 is 0 Å². The van der Waals surface area contributed by atoms with Crippen LogP contribution in [0.2, 0.25) is 0 Å². The van der Waals surface area contributed by atoms with E-state index in [1.165, 1.54) is 49.2 Å².